The maximum Gasteiger partial charge on any atom is 0.268 e. The van der Waals surface area contributed by atoms with Crippen molar-refractivity contribution in [3.05, 3.63) is 99.0 Å². The van der Waals surface area contributed by atoms with Crippen molar-refractivity contribution in [3.63, 3.8) is 0 Å². The average Bonchev–Trinajstić information content (AvgIpc) is 3.11. The van der Waals surface area contributed by atoms with E-state index in [1.165, 1.54) is 30.3 Å². The van der Waals surface area contributed by atoms with Crippen LogP contribution in [0.3, 0.4) is 0 Å². The Morgan fingerprint density at radius 3 is 2.78 bits per heavy atom. The summed E-state index contributed by atoms with van der Waals surface area (Å²) in [6, 6.07) is 16.8. The van der Waals surface area contributed by atoms with Crippen LogP contribution in [0.1, 0.15) is 27.2 Å². The molecule has 0 aliphatic heterocycles. The van der Waals surface area contributed by atoms with Gasteiger partial charge in [0.2, 0.25) is 0 Å². The van der Waals surface area contributed by atoms with Gasteiger partial charge in [-0.05, 0) is 55.0 Å². The van der Waals surface area contributed by atoms with E-state index in [2.05, 4.69) is 5.32 Å². The Morgan fingerprint density at radius 2 is 2.00 bits per heavy atom. The lowest BCUT2D eigenvalue weighted by Gasteiger charge is -2.13. The summed E-state index contributed by atoms with van der Waals surface area (Å²) in [5.74, 6) is -1.09. The summed E-state index contributed by atoms with van der Waals surface area (Å²) >= 11 is 12.1. The molecule has 4 rings (SSSR count). The standard InChI is InChI=1S/C24H16Cl2FN3O2/c1-14-8-18-4-2-3-7-30(18)22(14)24(31)29-13-16-5-6-20(26)23(21(16)27)32-19-10-15(12-28)9-17(25)11-19/h2-11H,13H2,1H3,(H,29,31). The molecule has 0 unspecified atom stereocenters. The summed E-state index contributed by atoms with van der Waals surface area (Å²) in [6.07, 6.45) is 1.80. The number of aromatic nitrogens is 1. The zero-order valence-corrected chi connectivity index (χ0v) is 18.3. The molecule has 0 bridgehead atoms. The molecule has 1 N–H and O–H groups in total. The van der Waals surface area contributed by atoms with Gasteiger partial charge in [0.25, 0.3) is 5.91 Å². The van der Waals surface area contributed by atoms with Crippen LogP contribution >= 0.6 is 23.2 Å². The van der Waals surface area contributed by atoms with Crippen molar-refractivity contribution in [2.75, 3.05) is 0 Å². The fraction of sp³-hybridized carbons (Fsp3) is 0.0833. The van der Waals surface area contributed by atoms with Crippen LogP contribution in [0.15, 0.2) is 60.8 Å². The molecule has 4 aromatic rings. The highest BCUT2D eigenvalue weighted by atomic mass is 35.5. The van der Waals surface area contributed by atoms with Crippen LogP contribution in [-0.2, 0) is 6.54 Å². The summed E-state index contributed by atoms with van der Waals surface area (Å²) in [4.78, 5) is 12.8. The lowest BCUT2D eigenvalue weighted by atomic mass is 10.1. The normalized spacial score (nSPS) is 10.7. The van der Waals surface area contributed by atoms with Crippen LogP contribution in [0.25, 0.3) is 5.52 Å². The van der Waals surface area contributed by atoms with E-state index >= 15 is 4.39 Å². The average molecular weight is 468 g/mol. The molecule has 2 aromatic carbocycles. The first-order valence-electron chi connectivity index (χ1n) is 9.57. The second kappa shape index (κ2) is 8.91. The molecule has 0 atom stereocenters. The van der Waals surface area contributed by atoms with Gasteiger partial charge in [0, 0.05) is 28.8 Å². The number of ether oxygens (including phenoxy) is 1. The smallest absolute Gasteiger partial charge is 0.268 e. The fourth-order valence-electron chi connectivity index (χ4n) is 3.41. The number of nitrogens with zero attached hydrogens (tertiary/aromatic N) is 2. The lowest BCUT2D eigenvalue weighted by Crippen LogP contribution is -2.25. The number of aryl methyl sites for hydroxylation is 1. The summed E-state index contributed by atoms with van der Waals surface area (Å²) in [7, 11) is 0. The van der Waals surface area contributed by atoms with Crippen LogP contribution in [-0.4, -0.2) is 10.3 Å². The number of pyridine rings is 1. The number of hydrogen-bond donors (Lipinski definition) is 1. The Morgan fingerprint density at radius 1 is 1.19 bits per heavy atom. The predicted molar refractivity (Wildman–Crippen MR) is 121 cm³/mol. The third-order valence-electron chi connectivity index (χ3n) is 4.87. The third kappa shape index (κ3) is 4.26. The molecule has 0 aliphatic carbocycles. The molecule has 32 heavy (non-hydrogen) atoms. The number of rotatable bonds is 5. The van der Waals surface area contributed by atoms with E-state index in [4.69, 9.17) is 33.2 Å². The van der Waals surface area contributed by atoms with Gasteiger partial charge in [0.05, 0.1) is 16.7 Å². The number of hydrogen-bond acceptors (Lipinski definition) is 3. The molecule has 8 heteroatoms. The minimum absolute atomic E-state index is 0.0458. The third-order valence-corrected chi connectivity index (χ3v) is 5.39. The number of nitrogens with one attached hydrogen (secondary N) is 1. The van der Waals surface area contributed by atoms with Gasteiger partial charge in [-0.15, -0.1) is 0 Å². The molecule has 160 valence electrons. The lowest BCUT2D eigenvalue weighted by molar-refractivity contribution is 0.0944. The predicted octanol–water partition coefficient (Wildman–Crippen LogP) is 6.29. The van der Waals surface area contributed by atoms with Crippen LogP contribution < -0.4 is 10.1 Å². The molecule has 0 saturated carbocycles. The monoisotopic (exact) mass is 467 g/mol. The highest BCUT2D eigenvalue weighted by Gasteiger charge is 2.18. The Hall–Kier alpha value is -3.53. The molecule has 1 amide bonds. The number of fused-ring (bicyclic) bond motifs is 1. The van der Waals surface area contributed by atoms with Gasteiger partial charge >= 0.3 is 0 Å². The first-order chi connectivity index (χ1) is 15.4. The summed E-state index contributed by atoms with van der Waals surface area (Å²) in [5, 5.41) is 12.2. The SMILES string of the molecule is Cc1cc2ccccn2c1C(=O)NCc1ccc(Cl)c(Oc2cc(Cl)cc(C#N)c2)c1F. The number of benzene rings is 2. The van der Waals surface area contributed by atoms with E-state index in [0.29, 0.717) is 5.69 Å². The molecule has 0 spiro atoms. The Bertz CT molecular complexity index is 1390. The molecule has 0 fully saturated rings. The van der Waals surface area contributed by atoms with Crippen LogP contribution in [0.2, 0.25) is 10.0 Å². The quantitative estimate of drug-likeness (QED) is 0.375. The van der Waals surface area contributed by atoms with E-state index in [1.54, 1.807) is 10.6 Å². The number of carbonyl (C=O) groups excluding carboxylic acids is 1. The van der Waals surface area contributed by atoms with Crippen molar-refractivity contribution < 1.29 is 13.9 Å². The van der Waals surface area contributed by atoms with Crippen molar-refractivity contribution in [1.82, 2.24) is 9.72 Å². The molecule has 2 heterocycles. The summed E-state index contributed by atoms with van der Waals surface area (Å²) < 4.78 is 22.5. The van der Waals surface area contributed by atoms with E-state index < -0.39 is 5.82 Å². The minimum Gasteiger partial charge on any atom is -0.453 e. The summed E-state index contributed by atoms with van der Waals surface area (Å²) in [6.45, 7) is 1.77. The largest absolute Gasteiger partial charge is 0.453 e. The van der Waals surface area contributed by atoms with Crippen LogP contribution in [0.4, 0.5) is 4.39 Å². The van der Waals surface area contributed by atoms with Crippen molar-refractivity contribution in [1.29, 1.82) is 5.26 Å². The minimum atomic E-state index is -0.715. The Labute approximate surface area is 193 Å². The first-order valence-corrected chi connectivity index (χ1v) is 10.3. The molecule has 0 aliphatic rings. The first kappa shape index (κ1) is 21.7. The van der Waals surface area contributed by atoms with Crippen LogP contribution in [0, 0.1) is 24.1 Å². The Kier molecular flexibility index (Phi) is 6.04. The van der Waals surface area contributed by atoms with E-state index in [-0.39, 0.29) is 45.1 Å². The molecule has 0 saturated heterocycles. The topological polar surface area (TPSA) is 66.5 Å². The van der Waals surface area contributed by atoms with E-state index in [0.717, 1.165) is 11.1 Å². The van der Waals surface area contributed by atoms with Gasteiger partial charge in [-0.1, -0.05) is 35.3 Å². The van der Waals surface area contributed by atoms with Gasteiger partial charge in [0.15, 0.2) is 11.6 Å². The van der Waals surface area contributed by atoms with Gasteiger partial charge in [0.1, 0.15) is 11.4 Å². The molecular weight excluding hydrogens is 452 g/mol. The van der Waals surface area contributed by atoms with E-state index in [9.17, 15) is 4.79 Å². The maximum absolute atomic E-state index is 15.2. The van der Waals surface area contributed by atoms with E-state index in [1.807, 2.05) is 37.3 Å². The molecule has 5 nitrogen and oxygen atoms in total. The highest BCUT2D eigenvalue weighted by Crippen LogP contribution is 2.35. The zero-order valence-electron chi connectivity index (χ0n) is 16.8. The van der Waals surface area contributed by atoms with Crippen LogP contribution in [0.5, 0.6) is 11.5 Å². The maximum atomic E-state index is 15.2. The van der Waals surface area contributed by atoms with Crippen molar-refractivity contribution >= 4 is 34.6 Å². The second-order valence-corrected chi connectivity index (χ2v) is 7.94. The van der Waals surface area contributed by atoms with Gasteiger partial charge < -0.3 is 14.5 Å². The van der Waals surface area contributed by atoms with Crippen molar-refractivity contribution in [2.24, 2.45) is 0 Å². The zero-order chi connectivity index (χ0) is 22.8. The molecule has 0 radical (unpaired) electrons. The number of amides is 1. The van der Waals surface area contributed by atoms with Crippen molar-refractivity contribution in [2.45, 2.75) is 13.5 Å². The number of carbonyl (C=O) groups is 1. The van der Waals surface area contributed by atoms with Gasteiger partial charge in [-0.2, -0.15) is 5.26 Å². The van der Waals surface area contributed by atoms with Gasteiger partial charge in [-0.3, -0.25) is 4.79 Å². The molecular formula is C24H16Cl2FN3O2. The second-order valence-electron chi connectivity index (χ2n) is 7.09. The summed E-state index contributed by atoms with van der Waals surface area (Å²) in [5.41, 5.74) is 2.64. The Balaban J connectivity index is 1.58. The molecule has 2 aromatic heterocycles. The number of nitriles is 1. The van der Waals surface area contributed by atoms with Crippen molar-refractivity contribution in [3.8, 4) is 17.6 Å². The number of halogens is 3. The van der Waals surface area contributed by atoms with Gasteiger partial charge in [-0.25, -0.2) is 4.39 Å². The highest BCUT2D eigenvalue weighted by molar-refractivity contribution is 6.32. The fourth-order valence-corrected chi connectivity index (χ4v) is 3.82.